The quantitative estimate of drug-likeness (QED) is 0.603. The molecule has 3 aliphatic heterocycles. The van der Waals surface area contributed by atoms with Crippen LogP contribution in [-0.2, 0) is 14.0 Å². The molecule has 11 nitrogen and oxygen atoms in total. The van der Waals surface area contributed by atoms with E-state index >= 15 is 0 Å². The monoisotopic (exact) mass is 378 g/mol. The summed E-state index contributed by atoms with van der Waals surface area (Å²) in [6.45, 7) is 0.201. The number of hydrogen-bond donors (Lipinski definition) is 2. The van der Waals surface area contributed by atoms with Gasteiger partial charge in [0.05, 0.1) is 12.7 Å². The Bertz CT molecular complexity index is 915. The average molecular weight is 378 g/mol. The van der Waals surface area contributed by atoms with Crippen molar-refractivity contribution in [1.29, 1.82) is 0 Å². The normalized spacial score (nSPS) is 20.7. The number of ether oxygens (including phenoxy) is 2. The average Bonchev–Trinajstić information content (AvgIpc) is 3.28. The highest BCUT2D eigenvalue weighted by molar-refractivity contribution is 7.51. The highest BCUT2D eigenvalue weighted by atomic mass is 31.2. The Kier molecular flexibility index (Phi) is 4.47. The van der Waals surface area contributed by atoms with Crippen molar-refractivity contribution in [2.24, 2.45) is 0 Å². The third-order valence-corrected chi connectivity index (χ3v) is 4.30. The Morgan fingerprint density at radius 1 is 1.27 bits per heavy atom. The van der Waals surface area contributed by atoms with Crippen molar-refractivity contribution in [2.75, 3.05) is 13.0 Å². The Morgan fingerprint density at radius 2 is 2.08 bits per heavy atom. The molecule has 2 atom stereocenters. The fourth-order valence-electron chi connectivity index (χ4n) is 2.70. The van der Waals surface area contributed by atoms with Crippen LogP contribution in [0.3, 0.4) is 0 Å². The van der Waals surface area contributed by atoms with Gasteiger partial charge < -0.3 is 19.3 Å². The molecule has 1 fully saturated rings. The Morgan fingerprint density at radius 3 is 2.85 bits per heavy atom. The topological polar surface area (TPSA) is 145 Å². The summed E-state index contributed by atoms with van der Waals surface area (Å²) in [5.74, 6) is 1.39. The fourth-order valence-corrected chi connectivity index (χ4v) is 3.10. The van der Waals surface area contributed by atoms with Gasteiger partial charge in [-0.25, -0.2) is 24.9 Å². The van der Waals surface area contributed by atoms with Crippen LogP contribution >= 0.6 is 7.60 Å². The van der Waals surface area contributed by atoms with Crippen molar-refractivity contribution in [1.82, 2.24) is 29.5 Å². The molecule has 0 amide bonds. The standard InChI is InChI=1S/C14H15N6O5P/c21-26(22,23)8-25-9-4-11(24-6-9)13-19-12-10(17-7-18-12)5-20(13)14-15-2-1-3-16-14/h1-3,5,7,9,11H,4,6,8H2,(H2,21,22,23). The second-order valence-corrected chi connectivity index (χ2v) is 7.33. The van der Waals surface area contributed by atoms with E-state index in [2.05, 4.69) is 24.9 Å². The van der Waals surface area contributed by atoms with Gasteiger partial charge >= 0.3 is 7.60 Å². The molecule has 0 radical (unpaired) electrons. The van der Waals surface area contributed by atoms with Gasteiger partial charge in [0.15, 0.2) is 5.82 Å². The van der Waals surface area contributed by atoms with E-state index in [1.807, 2.05) is 0 Å². The first-order chi connectivity index (χ1) is 12.5. The maximum Gasteiger partial charge on any atom is 0.350 e. The van der Waals surface area contributed by atoms with E-state index in [0.717, 1.165) is 0 Å². The first-order valence-electron chi connectivity index (χ1n) is 7.75. The molecule has 1 saturated heterocycles. The summed E-state index contributed by atoms with van der Waals surface area (Å²) in [4.78, 5) is 39.1. The zero-order chi connectivity index (χ0) is 18.1. The lowest BCUT2D eigenvalue weighted by molar-refractivity contribution is 0.0506. The Hall–Kier alpha value is -2.30. The lowest BCUT2D eigenvalue weighted by Gasteiger charge is -2.17. The van der Waals surface area contributed by atoms with Crippen molar-refractivity contribution in [3.8, 4) is 17.5 Å². The predicted molar refractivity (Wildman–Crippen MR) is 86.5 cm³/mol. The van der Waals surface area contributed by atoms with E-state index in [9.17, 15) is 4.57 Å². The van der Waals surface area contributed by atoms with Crippen LogP contribution in [0.2, 0.25) is 0 Å². The second-order valence-electron chi connectivity index (χ2n) is 5.74. The van der Waals surface area contributed by atoms with Crippen molar-refractivity contribution < 1.29 is 23.8 Å². The summed E-state index contributed by atoms with van der Waals surface area (Å²) in [6, 6.07) is 1.70. The summed E-state index contributed by atoms with van der Waals surface area (Å²) in [5, 5.41) is 0. The molecular weight excluding hydrogens is 363 g/mol. The molecule has 4 rings (SSSR count). The summed E-state index contributed by atoms with van der Waals surface area (Å²) in [6.07, 6.45) is 5.22. The van der Waals surface area contributed by atoms with Gasteiger partial charge in [0.1, 0.15) is 30.3 Å². The van der Waals surface area contributed by atoms with Crippen molar-refractivity contribution in [3.05, 3.63) is 36.8 Å². The van der Waals surface area contributed by atoms with Crippen LogP contribution in [0.15, 0.2) is 31.0 Å². The summed E-state index contributed by atoms with van der Waals surface area (Å²) in [7, 11) is -4.23. The van der Waals surface area contributed by atoms with Gasteiger partial charge in [0, 0.05) is 25.0 Å². The van der Waals surface area contributed by atoms with E-state index in [0.29, 0.717) is 29.7 Å². The zero-order valence-corrected chi connectivity index (χ0v) is 14.3. The maximum atomic E-state index is 11.0. The maximum absolute atomic E-state index is 11.0. The molecule has 4 heterocycles. The molecule has 0 spiro atoms. The Balaban J connectivity index is 1.64. The lowest BCUT2D eigenvalue weighted by Crippen LogP contribution is -2.16. The smallest absolute Gasteiger partial charge is 0.350 e. The predicted octanol–water partition coefficient (Wildman–Crippen LogP) is 0.539. The summed E-state index contributed by atoms with van der Waals surface area (Å²) in [5.41, 5.74) is 0.591. The number of aromatic nitrogens is 6. The van der Waals surface area contributed by atoms with Gasteiger partial charge in [-0.15, -0.1) is 0 Å². The van der Waals surface area contributed by atoms with Gasteiger partial charge in [0.2, 0.25) is 5.95 Å². The van der Waals surface area contributed by atoms with Gasteiger partial charge in [-0.05, 0) is 6.07 Å². The van der Waals surface area contributed by atoms with Crippen LogP contribution < -0.4 is 0 Å². The number of imidazole rings is 1. The molecule has 0 aromatic carbocycles. The zero-order valence-electron chi connectivity index (χ0n) is 13.4. The first-order valence-corrected chi connectivity index (χ1v) is 9.54. The SMILES string of the molecule is O=P(O)(O)COC1COC(c2nc3ncnc-3cn2-c2ncccn2)C1. The molecule has 1 aromatic heterocycles. The third kappa shape index (κ3) is 3.62. The molecule has 0 aliphatic carbocycles. The van der Waals surface area contributed by atoms with E-state index in [4.69, 9.17) is 19.3 Å². The first kappa shape index (κ1) is 17.1. The third-order valence-electron chi connectivity index (χ3n) is 3.82. The number of hydrogen-bond acceptors (Lipinski definition) is 8. The van der Waals surface area contributed by atoms with Crippen molar-refractivity contribution in [2.45, 2.75) is 18.6 Å². The summed E-state index contributed by atoms with van der Waals surface area (Å²) >= 11 is 0. The van der Waals surface area contributed by atoms with Crippen molar-refractivity contribution in [3.63, 3.8) is 0 Å². The van der Waals surface area contributed by atoms with Crippen molar-refractivity contribution >= 4 is 7.60 Å². The highest BCUT2D eigenvalue weighted by Crippen LogP contribution is 2.37. The minimum absolute atomic E-state index is 0.201. The second kappa shape index (κ2) is 6.78. The highest BCUT2D eigenvalue weighted by Gasteiger charge is 2.33. The van der Waals surface area contributed by atoms with Crippen LogP contribution in [0.1, 0.15) is 18.3 Å². The lowest BCUT2D eigenvalue weighted by atomic mass is 10.2. The van der Waals surface area contributed by atoms with Crippen LogP contribution in [0.4, 0.5) is 0 Å². The van der Waals surface area contributed by atoms with E-state index in [1.54, 1.807) is 29.2 Å². The molecule has 0 saturated carbocycles. The Labute approximate surface area is 147 Å². The minimum Gasteiger partial charge on any atom is -0.367 e. The van der Waals surface area contributed by atoms with Gasteiger partial charge in [-0.1, -0.05) is 0 Å². The molecule has 1 aromatic rings. The molecule has 0 bridgehead atoms. The molecule has 12 heteroatoms. The molecule has 26 heavy (non-hydrogen) atoms. The van der Waals surface area contributed by atoms with E-state index in [-0.39, 0.29) is 6.61 Å². The molecule has 2 N–H and O–H groups in total. The van der Waals surface area contributed by atoms with Gasteiger partial charge in [-0.3, -0.25) is 9.13 Å². The van der Waals surface area contributed by atoms with Crippen LogP contribution in [0, 0.1) is 0 Å². The van der Waals surface area contributed by atoms with E-state index in [1.165, 1.54) is 6.33 Å². The van der Waals surface area contributed by atoms with Gasteiger partial charge in [0.25, 0.3) is 0 Å². The summed E-state index contributed by atoms with van der Waals surface area (Å²) < 4.78 is 23.6. The van der Waals surface area contributed by atoms with Crippen LogP contribution in [0.5, 0.6) is 0 Å². The fraction of sp³-hybridized carbons (Fsp3) is 0.357. The molecule has 136 valence electrons. The number of nitrogens with zero attached hydrogens (tertiary/aromatic N) is 6. The minimum atomic E-state index is -4.23. The molecule has 2 unspecified atom stereocenters. The van der Waals surface area contributed by atoms with Crippen LogP contribution in [-0.4, -0.2) is 58.3 Å². The number of rotatable bonds is 5. The number of fused-ring (bicyclic) bond motifs is 1. The largest absolute Gasteiger partial charge is 0.367 e. The molecular formula is C14H15N6O5P. The van der Waals surface area contributed by atoms with Crippen LogP contribution in [0.25, 0.3) is 17.5 Å². The van der Waals surface area contributed by atoms with Gasteiger partial charge in [-0.2, -0.15) is 0 Å². The molecule has 3 aliphatic rings. The van der Waals surface area contributed by atoms with E-state index < -0.39 is 26.2 Å².